The van der Waals surface area contributed by atoms with E-state index in [1.165, 1.54) is 7.11 Å². The quantitative estimate of drug-likeness (QED) is 0.236. The SMILES string of the molecule is COC(=O)/C(=C/c1cc(OC)cc(OC)c1)c1ccc(Oc2ccc(/C=C3/SC(=O)NC3=O)cc2)cc1. The van der Waals surface area contributed by atoms with Crippen LogP contribution in [0.3, 0.4) is 0 Å². The summed E-state index contributed by atoms with van der Waals surface area (Å²) in [6.45, 7) is 0. The normalized spacial score (nSPS) is 14.4. The lowest BCUT2D eigenvalue weighted by atomic mass is 10.0. The van der Waals surface area contributed by atoms with E-state index in [9.17, 15) is 14.4 Å². The lowest BCUT2D eigenvalue weighted by molar-refractivity contribution is -0.133. The third kappa shape index (κ3) is 6.39. The zero-order valence-electron chi connectivity index (χ0n) is 20.3. The molecule has 1 aliphatic rings. The van der Waals surface area contributed by atoms with Crippen LogP contribution in [0.4, 0.5) is 4.79 Å². The van der Waals surface area contributed by atoms with Crippen molar-refractivity contribution in [2.45, 2.75) is 0 Å². The summed E-state index contributed by atoms with van der Waals surface area (Å²) in [4.78, 5) is 35.9. The molecule has 1 saturated heterocycles. The van der Waals surface area contributed by atoms with Crippen LogP contribution in [0, 0.1) is 0 Å². The van der Waals surface area contributed by atoms with Crippen LogP contribution in [0.2, 0.25) is 0 Å². The molecule has 3 aromatic rings. The first-order chi connectivity index (χ1) is 17.9. The summed E-state index contributed by atoms with van der Waals surface area (Å²) in [7, 11) is 4.44. The standard InChI is InChI=1S/C28H23NO7S/c1-33-22-12-18(13-23(16-22)34-2)14-24(27(31)35-3)19-6-10-21(11-7-19)36-20-8-4-17(5-9-20)15-25-26(30)29-28(32)37-25/h4-16H,1-3H3,(H,29,30,32)/b24-14+,25-15+. The molecule has 3 aromatic carbocycles. The number of carbonyl (C=O) groups is 3. The van der Waals surface area contributed by atoms with Gasteiger partial charge in [-0.15, -0.1) is 0 Å². The number of amides is 2. The van der Waals surface area contributed by atoms with Gasteiger partial charge in [-0.2, -0.15) is 0 Å². The largest absolute Gasteiger partial charge is 0.497 e. The van der Waals surface area contributed by atoms with Crippen molar-refractivity contribution in [2.24, 2.45) is 0 Å². The molecule has 0 bridgehead atoms. The van der Waals surface area contributed by atoms with Crippen molar-refractivity contribution < 1.29 is 33.3 Å². The van der Waals surface area contributed by atoms with E-state index in [0.717, 1.165) is 17.3 Å². The molecule has 1 fully saturated rings. The molecular formula is C28H23NO7S. The topological polar surface area (TPSA) is 100 Å². The van der Waals surface area contributed by atoms with E-state index >= 15 is 0 Å². The van der Waals surface area contributed by atoms with Crippen molar-refractivity contribution in [2.75, 3.05) is 21.3 Å². The molecule has 37 heavy (non-hydrogen) atoms. The summed E-state index contributed by atoms with van der Waals surface area (Å²) in [6, 6.07) is 19.4. The zero-order chi connectivity index (χ0) is 26.4. The average Bonchev–Trinajstić information content (AvgIpc) is 3.24. The highest BCUT2D eigenvalue weighted by Gasteiger charge is 2.24. The molecule has 0 unspecified atom stereocenters. The van der Waals surface area contributed by atoms with Crippen molar-refractivity contribution in [3.63, 3.8) is 0 Å². The van der Waals surface area contributed by atoms with E-state index in [2.05, 4.69) is 5.32 Å². The molecule has 188 valence electrons. The highest BCUT2D eigenvalue weighted by atomic mass is 32.2. The Morgan fingerprint density at radius 3 is 1.89 bits per heavy atom. The molecule has 0 radical (unpaired) electrons. The predicted octanol–water partition coefficient (Wildman–Crippen LogP) is 5.53. The third-order valence-corrected chi connectivity index (χ3v) is 6.12. The number of thioether (sulfide) groups is 1. The van der Waals surface area contributed by atoms with Gasteiger partial charge in [0.1, 0.15) is 23.0 Å². The van der Waals surface area contributed by atoms with Gasteiger partial charge in [0.15, 0.2) is 0 Å². The van der Waals surface area contributed by atoms with Crippen LogP contribution in [-0.4, -0.2) is 38.4 Å². The number of benzene rings is 3. The Bertz CT molecular complexity index is 1370. The van der Waals surface area contributed by atoms with E-state index in [1.807, 2.05) is 0 Å². The van der Waals surface area contributed by atoms with Gasteiger partial charge in [0.05, 0.1) is 31.8 Å². The summed E-state index contributed by atoms with van der Waals surface area (Å²) in [5, 5.41) is 1.84. The van der Waals surface area contributed by atoms with Gasteiger partial charge in [-0.25, -0.2) is 4.79 Å². The van der Waals surface area contributed by atoms with Crippen LogP contribution in [0.15, 0.2) is 71.6 Å². The minimum absolute atomic E-state index is 0.344. The number of methoxy groups -OCH3 is 3. The van der Waals surface area contributed by atoms with E-state index in [4.69, 9.17) is 18.9 Å². The molecule has 0 aromatic heterocycles. The molecule has 0 atom stereocenters. The van der Waals surface area contributed by atoms with Crippen molar-refractivity contribution in [3.8, 4) is 23.0 Å². The number of ether oxygens (including phenoxy) is 4. The molecule has 0 spiro atoms. The Morgan fingerprint density at radius 2 is 1.38 bits per heavy atom. The van der Waals surface area contributed by atoms with Gasteiger partial charge in [0, 0.05) is 6.07 Å². The van der Waals surface area contributed by atoms with E-state index in [-0.39, 0.29) is 5.24 Å². The summed E-state index contributed by atoms with van der Waals surface area (Å²) < 4.78 is 21.5. The maximum atomic E-state index is 12.6. The summed E-state index contributed by atoms with van der Waals surface area (Å²) >= 11 is 0.867. The highest BCUT2D eigenvalue weighted by molar-refractivity contribution is 8.18. The Labute approximate surface area is 217 Å². The summed E-state index contributed by atoms with van der Waals surface area (Å²) in [5.41, 5.74) is 2.47. The Hall–Kier alpha value is -4.50. The lowest BCUT2D eigenvalue weighted by Gasteiger charge is -2.10. The average molecular weight is 518 g/mol. The second-order valence-corrected chi connectivity index (χ2v) is 8.76. The molecule has 0 saturated carbocycles. The first-order valence-electron chi connectivity index (χ1n) is 11.0. The fraction of sp³-hybridized carbons (Fsp3) is 0.107. The third-order valence-electron chi connectivity index (χ3n) is 5.31. The number of carbonyl (C=O) groups excluding carboxylic acids is 3. The minimum Gasteiger partial charge on any atom is -0.497 e. The predicted molar refractivity (Wildman–Crippen MR) is 141 cm³/mol. The Kier molecular flexibility index (Phi) is 7.95. The molecule has 4 rings (SSSR count). The maximum absolute atomic E-state index is 12.6. The van der Waals surface area contributed by atoms with E-state index < -0.39 is 11.9 Å². The number of nitrogens with one attached hydrogen (secondary N) is 1. The van der Waals surface area contributed by atoms with E-state index in [0.29, 0.717) is 44.6 Å². The number of hydrogen-bond acceptors (Lipinski definition) is 8. The monoisotopic (exact) mass is 517 g/mol. The molecule has 0 aliphatic carbocycles. The first kappa shape index (κ1) is 25.6. The number of esters is 1. The smallest absolute Gasteiger partial charge is 0.338 e. The molecule has 1 aliphatic heterocycles. The summed E-state index contributed by atoms with van der Waals surface area (Å²) in [5.74, 6) is 1.46. The van der Waals surface area contributed by atoms with Crippen molar-refractivity contribution >= 4 is 46.6 Å². The maximum Gasteiger partial charge on any atom is 0.338 e. The molecular weight excluding hydrogens is 494 g/mol. The second kappa shape index (κ2) is 11.5. The van der Waals surface area contributed by atoms with Crippen molar-refractivity contribution in [1.29, 1.82) is 0 Å². The molecule has 8 nitrogen and oxygen atoms in total. The number of rotatable bonds is 8. The van der Waals surface area contributed by atoms with Crippen LogP contribution >= 0.6 is 11.8 Å². The Morgan fingerprint density at radius 1 is 0.784 bits per heavy atom. The minimum atomic E-state index is -0.490. The van der Waals surface area contributed by atoms with Gasteiger partial charge < -0.3 is 18.9 Å². The van der Waals surface area contributed by atoms with Crippen molar-refractivity contribution in [3.05, 3.63) is 88.3 Å². The van der Waals surface area contributed by atoms with Crippen LogP contribution in [0.5, 0.6) is 23.0 Å². The molecule has 2 amide bonds. The van der Waals surface area contributed by atoms with Gasteiger partial charge in [0.2, 0.25) is 0 Å². The summed E-state index contributed by atoms with van der Waals surface area (Å²) in [6.07, 6.45) is 3.35. The fourth-order valence-electron chi connectivity index (χ4n) is 3.49. The van der Waals surface area contributed by atoms with Gasteiger partial charge >= 0.3 is 5.97 Å². The second-order valence-electron chi connectivity index (χ2n) is 7.74. The highest BCUT2D eigenvalue weighted by Crippen LogP contribution is 2.30. The van der Waals surface area contributed by atoms with Crippen LogP contribution in [0.1, 0.15) is 16.7 Å². The Balaban J connectivity index is 1.52. The van der Waals surface area contributed by atoms with Gasteiger partial charge in [-0.05, 0) is 77.0 Å². The number of imide groups is 1. The van der Waals surface area contributed by atoms with Crippen LogP contribution in [-0.2, 0) is 14.3 Å². The van der Waals surface area contributed by atoms with Crippen molar-refractivity contribution in [1.82, 2.24) is 5.32 Å². The molecule has 1 heterocycles. The molecule has 1 N–H and O–H groups in total. The lowest BCUT2D eigenvalue weighted by Crippen LogP contribution is -2.17. The number of hydrogen-bond donors (Lipinski definition) is 1. The van der Waals surface area contributed by atoms with Crippen LogP contribution in [0.25, 0.3) is 17.7 Å². The van der Waals surface area contributed by atoms with Crippen LogP contribution < -0.4 is 19.5 Å². The van der Waals surface area contributed by atoms with Gasteiger partial charge in [-0.1, -0.05) is 24.3 Å². The molecule has 9 heteroatoms. The van der Waals surface area contributed by atoms with Gasteiger partial charge in [0.25, 0.3) is 11.1 Å². The first-order valence-corrected chi connectivity index (χ1v) is 11.9. The van der Waals surface area contributed by atoms with Gasteiger partial charge in [-0.3, -0.25) is 14.9 Å². The zero-order valence-corrected chi connectivity index (χ0v) is 21.1. The van der Waals surface area contributed by atoms with E-state index in [1.54, 1.807) is 93.1 Å². The fourth-order valence-corrected chi connectivity index (χ4v) is 4.17.